The van der Waals surface area contributed by atoms with E-state index < -0.39 is 0 Å². The molecule has 18 heavy (non-hydrogen) atoms. The molecule has 0 aliphatic heterocycles. The summed E-state index contributed by atoms with van der Waals surface area (Å²) in [4.78, 5) is 4.26. The van der Waals surface area contributed by atoms with Gasteiger partial charge in [-0.3, -0.25) is 0 Å². The number of alkyl halides is 1. The van der Waals surface area contributed by atoms with Crippen LogP contribution in [0.4, 0.5) is 4.39 Å². The largest absolute Gasteiger partial charge is 0.438 e. The van der Waals surface area contributed by atoms with E-state index in [0.29, 0.717) is 11.6 Å². The maximum absolute atomic E-state index is 13.0. The van der Waals surface area contributed by atoms with Crippen LogP contribution in [0.25, 0.3) is 0 Å². The van der Waals surface area contributed by atoms with E-state index in [1.165, 1.54) is 12.1 Å². The zero-order chi connectivity index (χ0) is 13.1. The van der Waals surface area contributed by atoms with Crippen molar-refractivity contribution in [1.29, 1.82) is 0 Å². The minimum Gasteiger partial charge on any atom is -0.438 e. The summed E-state index contributed by atoms with van der Waals surface area (Å²) in [7, 11) is 0. The highest BCUT2D eigenvalue weighted by atomic mass is 79.9. The fraction of sp³-hybridized carbons (Fsp3) is 0.214. The molecule has 0 saturated carbocycles. The zero-order valence-corrected chi connectivity index (χ0v) is 11.8. The maximum Gasteiger partial charge on any atom is 0.222 e. The molecule has 0 radical (unpaired) electrons. The molecule has 1 aromatic heterocycles. The van der Waals surface area contributed by atoms with E-state index in [0.717, 1.165) is 22.0 Å². The van der Waals surface area contributed by atoms with E-state index in [1.807, 2.05) is 13.0 Å². The van der Waals surface area contributed by atoms with Gasteiger partial charge in [-0.05, 0) is 49.2 Å². The molecular formula is C14H13BrFNO. The Bertz CT molecular complexity index is 572. The van der Waals surface area contributed by atoms with Crippen LogP contribution < -0.4 is 4.74 Å². The van der Waals surface area contributed by atoms with Crippen LogP contribution in [0.1, 0.15) is 16.7 Å². The summed E-state index contributed by atoms with van der Waals surface area (Å²) in [5, 5.41) is 0.761. The van der Waals surface area contributed by atoms with Gasteiger partial charge in [-0.25, -0.2) is 9.37 Å². The monoisotopic (exact) mass is 309 g/mol. The topological polar surface area (TPSA) is 22.1 Å². The number of nitrogens with zero attached hydrogens (tertiary/aromatic N) is 1. The predicted octanol–water partition coefficient (Wildman–Crippen LogP) is 4.52. The highest BCUT2D eigenvalue weighted by Crippen LogP contribution is 2.26. The minimum absolute atomic E-state index is 0.265. The van der Waals surface area contributed by atoms with Crippen molar-refractivity contribution in [2.75, 3.05) is 0 Å². The summed E-state index contributed by atoms with van der Waals surface area (Å²) < 4.78 is 18.7. The Balaban J connectivity index is 2.28. The van der Waals surface area contributed by atoms with E-state index in [-0.39, 0.29) is 5.82 Å². The fourth-order valence-electron chi connectivity index (χ4n) is 1.63. The van der Waals surface area contributed by atoms with E-state index >= 15 is 0 Å². The Morgan fingerprint density at radius 1 is 1.22 bits per heavy atom. The highest BCUT2D eigenvalue weighted by Gasteiger charge is 2.07. The molecule has 0 spiro atoms. The number of aromatic nitrogens is 1. The quantitative estimate of drug-likeness (QED) is 0.777. The lowest BCUT2D eigenvalue weighted by atomic mass is 10.2. The van der Waals surface area contributed by atoms with Crippen molar-refractivity contribution in [1.82, 2.24) is 4.98 Å². The molecule has 0 bridgehead atoms. The van der Waals surface area contributed by atoms with Gasteiger partial charge in [0.15, 0.2) is 0 Å². The van der Waals surface area contributed by atoms with Gasteiger partial charge >= 0.3 is 0 Å². The van der Waals surface area contributed by atoms with Gasteiger partial charge in [0.1, 0.15) is 11.6 Å². The zero-order valence-electron chi connectivity index (χ0n) is 10.2. The average molecular weight is 310 g/mol. The molecule has 0 fully saturated rings. The average Bonchev–Trinajstić information content (AvgIpc) is 2.34. The number of halogens is 2. The van der Waals surface area contributed by atoms with Gasteiger partial charge in [-0.2, -0.15) is 0 Å². The van der Waals surface area contributed by atoms with Crippen molar-refractivity contribution in [2.45, 2.75) is 19.2 Å². The molecule has 2 aromatic rings. The van der Waals surface area contributed by atoms with Crippen LogP contribution in [0, 0.1) is 19.7 Å². The van der Waals surface area contributed by atoms with E-state index in [4.69, 9.17) is 4.74 Å². The molecule has 0 aliphatic rings. The molecule has 2 rings (SSSR count). The predicted molar refractivity (Wildman–Crippen MR) is 72.8 cm³/mol. The Labute approximate surface area is 114 Å². The van der Waals surface area contributed by atoms with Crippen molar-refractivity contribution in [3.05, 3.63) is 53.0 Å². The third-order valence-electron chi connectivity index (χ3n) is 2.58. The Morgan fingerprint density at radius 2 is 2.00 bits per heavy atom. The number of rotatable bonds is 3. The molecule has 0 N–H and O–H groups in total. The second kappa shape index (κ2) is 5.48. The molecule has 0 saturated heterocycles. The summed E-state index contributed by atoms with van der Waals surface area (Å²) in [5.41, 5.74) is 2.80. The Morgan fingerprint density at radius 3 is 2.61 bits per heavy atom. The molecule has 0 amide bonds. The van der Waals surface area contributed by atoms with Crippen molar-refractivity contribution in [2.24, 2.45) is 0 Å². The van der Waals surface area contributed by atoms with Crippen LogP contribution in [0.2, 0.25) is 0 Å². The molecule has 0 unspecified atom stereocenters. The Hall–Kier alpha value is -1.42. The van der Waals surface area contributed by atoms with Crippen LogP contribution in [0.3, 0.4) is 0 Å². The number of ether oxygens (including phenoxy) is 1. The molecule has 1 heterocycles. The van der Waals surface area contributed by atoms with Crippen LogP contribution in [0.15, 0.2) is 30.5 Å². The third-order valence-corrected chi connectivity index (χ3v) is 3.23. The Kier molecular flexibility index (Phi) is 3.97. The van der Waals surface area contributed by atoms with Gasteiger partial charge in [0.2, 0.25) is 5.88 Å². The van der Waals surface area contributed by atoms with Gasteiger partial charge in [0.05, 0.1) is 0 Å². The second-order valence-electron chi connectivity index (χ2n) is 4.11. The van der Waals surface area contributed by atoms with Crippen LogP contribution >= 0.6 is 15.9 Å². The number of aryl methyl sites for hydroxylation is 2. The summed E-state index contributed by atoms with van der Waals surface area (Å²) in [6.07, 6.45) is 1.76. The van der Waals surface area contributed by atoms with Crippen LogP contribution in [-0.2, 0) is 5.33 Å². The van der Waals surface area contributed by atoms with Crippen molar-refractivity contribution in [3.8, 4) is 11.6 Å². The summed E-state index contributed by atoms with van der Waals surface area (Å²) >= 11 is 3.38. The van der Waals surface area contributed by atoms with Crippen molar-refractivity contribution >= 4 is 15.9 Å². The summed E-state index contributed by atoms with van der Waals surface area (Å²) in [6.45, 7) is 3.74. The molecule has 1 aromatic carbocycles. The fourth-order valence-corrected chi connectivity index (χ4v) is 1.94. The number of hydrogen-bond acceptors (Lipinski definition) is 2. The first-order valence-corrected chi connectivity index (χ1v) is 6.68. The standard InChI is InChI=1S/C14H13BrFNO/c1-9-6-12(16)3-4-13(9)18-14-10(2)5-11(7-15)8-17-14/h3-6,8H,7H2,1-2H3. The first-order valence-electron chi connectivity index (χ1n) is 5.55. The normalized spacial score (nSPS) is 10.4. The number of pyridine rings is 1. The van der Waals surface area contributed by atoms with Gasteiger partial charge in [0.25, 0.3) is 0 Å². The summed E-state index contributed by atoms with van der Waals surface area (Å²) in [6, 6.07) is 6.45. The van der Waals surface area contributed by atoms with Crippen molar-refractivity contribution in [3.63, 3.8) is 0 Å². The number of hydrogen-bond donors (Lipinski definition) is 0. The van der Waals surface area contributed by atoms with Gasteiger partial charge < -0.3 is 4.74 Å². The highest BCUT2D eigenvalue weighted by molar-refractivity contribution is 9.08. The van der Waals surface area contributed by atoms with E-state index in [9.17, 15) is 4.39 Å². The van der Waals surface area contributed by atoms with E-state index in [2.05, 4.69) is 20.9 Å². The minimum atomic E-state index is -0.265. The first kappa shape index (κ1) is 13.0. The van der Waals surface area contributed by atoms with Gasteiger partial charge in [0, 0.05) is 17.1 Å². The molecule has 4 heteroatoms. The van der Waals surface area contributed by atoms with Gasteiger partial charge in [-0.15, -0.1) is 0 Å². The lowest BCUT2D eigenvalue weighted by Crippen LogP contribution is -1.95. The molecule has 0 atom stereocenters. The molecule has 94 valence electrons. The van der Waals surface area contributed by atoms with Gasteiger partial charge in [-0.1, -0.05) is 15.9 Å². The van der Waals surface area contributed by atoms with Crippen LogP contribution in [-0.4, -0.2) is 4.98 Å². The third kappa shape index (κ3) is 2.88. The smallest absolute Gasteiger partial charge is 0.222 e. The lowest BCUT2D eigenvalue weighted by molar-refractivity contribution is 0.453. The second-order valence-corrected chi connectivity index (χ2v) is 4.67. The molecule has 2 nitrogen and oxygen atoms in total. The van der Waals surface area contributed by atoms with Crippen LogP contribution in [0.5, 0.6) is 11.6 Å². The maximum atomic E-state index is 13.0. The molecule has 0 aliphatic carbocycles. The van der Waals surface area contributed by atoms with Crippen molar-refractivity contribution < 1.29 is 9.13 Å². The molecular weight excluding hydrogens is 297 g/mol. The number of benzene rings is 1. The van der Waals surface area contributed by atoms with E-state index in [1.54, 1.807) is 19.2 Å². The summed E-state index contributed by atoms with van der Waals surface area (Å²) in [5.74, 6) is 0.909. The SMILES string of the molecule is Cc1cc(F)ccc1Oc1ncc(CBr)cc1C. The lowest BCUT2D eigenvalue weighted by Gasteiger charge is -2.10. The first-order chi connectivity index (χ1) is 8.60.